The molecule has 360 valence electrons. The standard InChI is InChI=1S/C39H70N10O10S4/c1-38(2,3)58-34(56)44-20-14-30(52)48(24-16-28(50)42-18-9-7-12-26(32(40)54)46-36-60-61-36)22-11-23-49(31(53)15-21-45-35(57)59-39(4,5)6)25-17-29(51)43-19-10-8-13-27(33(41)55)47-37-62-63-37/h26-27,36-37,46-47H,7-25H2,1-6H3,(H2,40,54)(H2,41,55)(H,42,50)(H,43,51)(H,44,56)(H,45,57)/t26-,27-/m0/s1. The van der Waals surface area contributed by atoms with Gasteiger partial charge in [0.25, 0.3) is 0 Å². The SMILES string of the molecule is CC(C)(C)OC(=O)NCCC(=O)N(CCCN(CCC(=O)NCCCC[C@H](NC1SS1)C(N)=O)C(=O)CCNC(=O)OC(C)(C)C)CCC(=O)NCCCC[C@H](NC1SS1)C(N)=O. The van der Waals surface area contributed by atoms with E-state index in [1.54, 1.807) is 84.7 Å². The molecule has 10 N–H and O–H groups in total. The second-order valence-corrected chi connectivity index (χ2v) is 22.5. The number of hydrogen-bond donors (Lipinski definition) is 8. The summed E-state index contributed by atoms with van der Waals surface area (Å²) >= 11 is 0. The molecule has 20 nitrogen and oxygen atoms in total. The second-order valence-electron chi connectivity index (χ2n) is 17.0. The van der Waals surface area contributed by atoms with Crippen molar-refractivity contribution >= 4 is 90.8 Å². The van der Waals surface area contributed by atoms with Crippen molar-refractivity contribution in [2.75, 3.05) is 52.4 Å². The van der Waals surface area contributed by atoms with Gasteiger partial charge in [-0.15, -0.1) is 0 Å². The number of ether oxygens (including phenoxy) is 2. The average molecular weight is 967 g/mol. The summed E-state index contributed by atoms with van der Waals surface area (Å²) < 4.78 is 10.9. The molecule has 0 unspecified atom stereocenters. The summed E-state index contributed by atoms with van der Waals surface area (Å²) in [6.07, 6.45) is 2.54. The quantitative estimate of drug-likeness (QED) is 0.0273. The van der Waals surface area contributed by atoms with Crippen LogP contribution in [0.2, 0.25) is 0 Å². The zero-order valence-electron chi connectivity index (χ0n) is 37.5. The Labute approximate surface area is 387 Å². The lowest BCUT2D eigenvalue weighted by Crippen LogP contribution is -2.42. The molecule has 0 bridgehead atoms. The number of rotatable bonds is 32. The minimum atomic E-state index is -0.721. The van der Waals surface area contributed by atoms with Crippen LogP contribution in [0.15, 0.2) is 0 Å². The second kappa shape index (κ2) is 29.3. The van der Waals surface area contributed by atoms with Gasteiger partial charge in [-0.2, -0.15) is 0 Å². The van der Waals surface area contributed by atoms with Gasteiger partial charge < -0.3 is 52.0 Å². The van der Waals surface area contributed by atoms with Gasteiger partial charge in [-0.05, 0) is 86.5 Å². The van der Waals surface area contributed by atoms with Crippen molar-refractivity contribution < 1.29 is 47.8 Å². The van der Waals surface area contributed by atoms with Crippen LogP contribution in [-0.2, 0) is 38.2 Å². The van der Waals surface area contributed by atoms with Gasteiger partial charge in [0, 0.05) is 78.0 Å². The van der Waals surface area contributed by atoms with E-state index in [-0.39, 0.29) is 98.0 Å². The molecule has 0 aliphatic carbocycles. The van der Waals surface area contributed by atoms with Gasteiger partial charge in [0.2, 0.25) is 35.4 Å². The number of nitrogens with two attached hydrogens (primary N) is 2. The highest BCUT2D eigenvalue weighted by Crippen LogP contribution is 2.51. The van der Waals surface area contributed by atoms with E-state index in [0.29, 0.717) is 58.0 Å². The first-order chi connectivity index (χ1) is 29.6. The Balaban J connectivity index is 1.97. The van der Waals surface area contributed by atoms with Crippen LogP contribution in [-0.4, -0.2) is 142 Å². The third-order valence-electron chi connectivity index (χ3n) is 9.02. The maximum atomic E-state index is 13.5. The molecule has 63 heavy (non-hydrogen) atoms. The normalized spacial score (nSPS) is 14.7. The molecule has 24 heteroatoms. The van der Waals surface area contributed by atoms with Crippen molar-refractivity contribution in [3.05, 3.63) is 0 Å². The summed E-state index contributed by atoms with van der Waals surface area (Å²) in [6.45, 7) is 11.6. The minimum absolute atomic E-state index is 0.00148. The third-order valence-corrected chi connectivity index (χ3v) is 12.6. The van der Waals surface area contributed by atoms with E-state index in [1.807, 2.05) is 0 Å². The van der Waals surface area contributed by atoms with E-state index in [9.17, 15) is 38.4 Å². The fourth-order valence-electron chi connectivity index (χ4n) is 5.83. The van der Waals surface area contributed by atoms with Gasteiger partial charge in [0.15, 0.2) is 0 Å². The molecular weight excluding hydrogens is 897 g/mol. The number of amides is 8. The van der Waals surface area contributed by atoms with Crippen LogP contribution >= 0.6 is 43.2 Å². The molecule has 0 radical (unpaired) electrons. The number of carbonyl (C=O) groups excluding carboxylic acids is 8. The molecule has 2 saturated heterocycles. The summed E-state index contributed by atoms with van der Waals surface area (Å²) in [5.41, 5.74) is 9.58. The first kappa shape index (κ1) is 55.8. The number of hydrogen-bond acceptors (Lipinski definition) is 16. The number of alkyl carbamates (subject to hydrolysis) is 2. The predicted octanol–water partition coefficient (Wildman–Crippen LogP) is 2.46. The van der Waals surface area contributed by atoms with E-state index in [0.717, 1.165) is 0 Å². The summed E-state index contributed by atoms with van der Waals surface area (Å²) in [7, 11) is 6.52. The zero-order valence-corrected chi connectivity index (χ0v) is 40.8. The van der Waals surface area contributed by atoms with Gasteiger partial charge in [-0.3, -0.25) is 39.4 Å². The van der Waals surface area contributed by atoms with E-state index >= 15 is 0 Å². The average Bonchev–Trinajstić information content (AvgIpc) is 4.11. The van der Waals surface area contributed by atoms with Gasteiger partial charge >= 0.3 is 12.2 Å². The highest BCUT2D eigenvalue weighted by atomic mass is 33.2. The largest absolute Gasteiger partial charge is 0.444 e. The lowest BCUT2D eigenvalue weighted by atomic mass is 10.1. The van der Waals surface area contributed by atoms with Gasteiger partial charge in [0.1, 0.15) is 20.6 Å². The van der Waals surface area contributed by atoms with Crippen molar-refractivity contribution in [1.82, 2.24) is 41.7 Å². The molecule has 0 saturated carbocycles. The smallest absolute Gasteiger partial charge is 0.407 e. The van der Waals surface area contributed by atoms with E-state index in [1.165, 1.54) is 9.80 Å². The van der Waals surface area contributed by atoms with Gasteiger partial charge in [0.05, 0.1) is 12.1 Å². The summed E-state index contributed by atoms with van der Waals surface area (Å²) in [5, 5.41) is 17.2. The van der Waals surface area contributed by atoms with Crippen LogP contribution in [0.4, 0.5) is 9.59 Å². The number of primary amides is 2. The van der Waals surface area contributed by atoms with E-state index in [2.05, 4.69) is 31.9 Å². The highest BCUT2D eigenvalue weighted by molar-refractivity contribution is 8.93. The summed E-state index contributed by atoms with van der Waals surface area (Å²) in [4.78, 5) is 104. The lowest BCUT2D eigenvalue weighted by molar-refractivity contribution is -0.132. The van der Waals surface area contributed by atoms with E-state index in [4.69, 9.17) is 20.9 Å². The minimum Gasteiger partial charge on any atom is -0.444 e. The Bertz CT molecular complexity index is 1400. The van der Waals surface area contributed by atoms with Crippen LogP contribution in [0.1, 0.15) is 112 Å². The van der Waals surface area contributed by atoms with Crippen LogP contribution in [0.25, 0.3) is 0 Å². The molecule has 0 spiro atoms. The van der Waals surface area contributed by atoms with Crippen molar-refractivity contribution in [3.63, 3.8) is 0 Å². The first-order valence-corrected chi connectivity index (χ1v) is 25.9. The molecule has 0 aromatic carbocycles. The van der Waals surface area contributed by atoms with Crippen LogP contribution in [0.3, 0.4) is 0 Å². The highest BCUT2D eigenvalue weighted by Gasteiger charge is 2.30. The van der Waals surface area contributed by atoms with Crippen molar-refractivity contribution in [2.24, 2.45) is 11.5 Å². The Morgan fingerprint density at radius 3 is 1.19 bits per heavy atom. The summed E-state index contributed by atoms with van der Waals surface area (Å²) in [5.74, 6) is -2.01. The van der Waals surface area contributed by atoms with Crippen molar-refractivity contribution in [1.29, 1.82) is 0 Å². The molecule has 2 aliphatic heterocycles. The van der Waals surface area contributed by atoms with Gasteiger partial charge in [-0.25, -0.2) is 9.59 Å². The Kier molecular flexibility index (Phi) is 25.9. The number of nitrogens with zero attached hydrogens (tertiary/aromatic N) is 2. The third kappa shape index (κ3) is 29.0. The zero-order chi connectivity index (χ0) is 47.0. The Hall–Kier alpha value is -3.32. The monoisotopic (exact) mass is 966 g/mol. The van der Waals surface area contributed by atoms with Gasteiger partial charge in [-0.1, -0.05) is 43.2 Å². The van der Waals surface area contributed by atoms with Crippen LogP contribution in [0, 0.1) is 0 Å². The van der Waals surface area contributed by atoms with Crippen molar-refractivity contribution in [2.45, 2.75) is 145 Å². The Morgan fingerprint density at radius 1 is 0.508 bits per heavy atom. The van der Waals surface area contributed by atoms with Crippen molar-refractivity contribution in [3.8, 4) is 0 Å². The molecule has 0 aromatic heterocycles. The van der Waals surface area contributed by atoms with E-state index < -0.39 is 47.3 Å². The number of nitrogens with one attached hydrogen (secondary N) is 6. The predicted molar refractivity (Wildman–Crippen MR) is 249 cm³/mol. The fraction of sp³-hybridized carbons (Fsp3) is 0.795. The molecule has 8 amide bonds. The maximum absolute atomic E-state index is 13.5. The molecular formula is C39H70N10O10S4. The number of carbonyl (C=O) groups is 8. The van der Waals surface area contributed by atoms with Crippen LogP contribution in [0.5, 0.6) is 0 Å². The maximum Gasteiger partial charge on any atom is 0.407 e. The first-order valence-electron chi connectivity index (χ1n) is 21.4. The molecule has 2 fully saturated rings. The lowest BCUT2D eigenvalue weighted by Gasteiger charge is -2.27. The summed E-state index contributed by atoms with van der Waals surface area (Å²) in [6, 6.07) is -0.874. The molecule has 2 rings (SSSR count). The molecule has 2 aliphatic rings. The molecule has 2 heterocycles. The molecule has 0 aromatic rings. The topological polar surface area (TPSA) is 286 Å². The Morgan fingerprint density at radius 2 is 0.873 bits per heavy atom. The molecule has 2 atom stereocenters. The fourth-order valence-corrected chi connectivity index (χ4v) is 7.82. The number of unbranched alkanes of at least 4 members (excludes halogenated alkanes) is 2. The van der Waals surface area contributed by atoms with Crippen LogP contribution < -0.4 is 43.4 Å².